The van der Waals surface area contributed by atoms with Gasteiger partial charge in [-0.15, -0.1) is 0 Å². The third-order valence-corrected chi connectivity index (χ3v) is 3.78. The first-order chi connectivity index (χ1) is 7.79. The standard InChI is InChI=1S/C14H17ClO/c15-14-7-5-12(6-8-14)13(10-16)9-11-3-1-2-4-11/h5-8,10-11,13H,1-4,9H2. The molecule has 0 bridgehead atoms. The van der Waals surface area contributed by atoms with Crippen LogP contribution in [0.2, 0.25) is 5.02 Å². The molecule has 1 unspecified atom stereocenters. The van der Waals surface area contributed by atoms with Crippen molar-refractivity contribution in [1.82, 2.24) is 0 Å². The van der Waals surface area contributed by atoms with Gasteiger partial charge in [-0.05, 0) is 30.0 Å². The lowest BCUT2D eigenvalue weighted by atomic mass is 9.89. The topological polar surface area (TPSA) is 17.1 Å². The zero-order valence-corrected chi connectivity index (χ0v) is 10.1. The van der Waals surface area contributed by atoms with Crippen LogP contribution >= 0.6 is 11.6 Å². The Hall–Kier alpha value is -0.820. The second-order valence-electron chi connectivity index (χ2n) is 4.68. The maximum absolute atomic E-state index is 11.1. The predicted molar refractivity (Wildman–Crippen MR) is 66.8 cm³/mol. The fourth-order valence-electron chi connectivity index (χ4n) is 2.59. The molecule has 2 rings (SSSR count). The number of halogens is 1. The van der Waals surface area contributed by atoms with Crippen LogP contribution in [0.5, 0.6) is 0 Å². The minimum atomic E-state index is 0.0559. The van der Waals surface area contributed by atoms with Crippen LogP contribution < -0.4 is 0 Å². The van der Waals surface area contributed by atoms with Crippen LogP contribution in [0.15, 0.2) is 24.3 Å². The van der Waals surface area contributed by atoms with E-state index in [-0.39, 0.29) is 5.92 Å². The van der Waals surface area contributed by atoms with Gasteiger partial charge in [0.2, 0.25) is 0 Å². The fourth-order valence-corrected chi connectivity index (χ4v) is 2.71. The summed E-state index contributed by atoms with van der Waals surface area (Å²) in [4.78, 5) is 11.1. The van der Waals surface area contributed by atoms with E-state index in [1.54, 1.807) is 0 Å². The fraction of sp³-hybridized carbons (Fsp3) is 0.500. The Balaban J connectivity index is 2.03. The Morgan fingerprint density at radius 3 is 2.44 bits per heavy atom. The number of carbonyl (C=O) groups is 1. The molecule has 1 saturated carbocycles. The van der Waals surface area contributed by atoms with Crippen molar-refractivity contribution in [3.05, 3.63) is 34.9 Å². The molecule has 1 aliphatic carbocycles. The number of aldehydes is 1. The number of benzene rings is 1. The van der Waals surface area contributed by atoms with E-state index in [9.17, 15) is 4.79 Å². The molecule has 0 amide bonds. The summed E-state index contributed by atoms with van der Waals surface area (Å²) in [6.07, 6.45) is 7.33. The van der Waals surface area contributed by atoms with E-state index in [1.165, 1.54) is 25.7 Å². The third-order valence-electron chi connectivity index (χ3n) is 3.52. The molecule has 0 saturated heterocycles. The Morgan fingerprint density at radius 2 is 1.88 bits per heavy atom. The normalized spacial score (nSPS) is 18.6. The van der Waals surface area contributed by atoms with Gasteiger partial charge in [0.15, 0.2) is 0 Å². The van der Waals surface area contributed by atoms with E-state index in [0.717, 1.165) is 29.2 Å². The van der Waals surface area contributed by atoms with E-state index in [1.807, 2.05) is 24.3 Å². The molecule has 1 aliphatic rings. The van der Waals surface area contributed by atoms with Gasteiger partial charge in [0.1, 0.15) is 6.29 Å². The molecule has 16 heavy (non-hydrogen) atoms. The number of carbonyl (C=O) groups excluding carboxylic acids is 1. The van der Waals surface area contributed by atoms with Crippen LogP contribution in [0.3, 0.4) is 0 Å². The smallest absolute Gasteiger partial charge is 0.127 e. The summed E-state index contributed by atoms with van der Waals surface area (Å²) in [6, 6.07) is 7.66. The van der Waals surface area contributed by atoms with Crippen LogP contribution in [0.1, 0.15) is 43.6 Å². The van der Waals surface area contributed by atoms with Crippen LogP contribution in [0, 0.1) is 5.92 Å². The molecule has 0 radical (unpaired) electrons. The lowest BCUT2D eigenvalue weighted by Gasteiger charge is -2.15. The van der Waals surface area contributed by atoms with Gasteiger partial charge in [-0.3, -0.25) is 0 Å². The molecule has 2 heteroatoms. The van der Waals surface area contributed by atoms with Crippen LogP contribution in [0.4, 0.5) is 0 Å². The summed E-state index contributed by atoms with van der Waals surface area (Å²) >= 11 is 5.84. The van der Waals surface area contributed by atoms with Crippen LogP contribution in [0.25, 0.3) is 0 Å². The highest BCUT2D eigenvalue weighted by Crippen LogP contribution is 2.33. The Kier molecular flexibility index (Phi) is 4.00. The highest BCUT2D eigenvalue weighted by atomic mass is 35.5. The van der Waals surface area contributed by atoms with E-state index in [2.05, 4.69) is 0 Å². The first-order valence-electron chi connectivity index (χ1n) is 6.00. The summed E-state index contributed by atoms with van der Waals surface area (Å²) in [5, 5.41) is 0.731. The van der Waals surface area contributed by atoms with Gasteiger partial charge in [-0.25, -0.2) is 0 Å². The van der Waals surface area contributed by atoms with Gasteiger partial charge in [0, 0.05) is 10.9 Å². The van der Waals surface area contributed by atoms with Crippen LogP contribution in [-0.4, -0.2) is 6.29 Å². The molecule has 0 aromatic heterocycles. The van der Waals surface area contributed by atoms with Crippen molar-refractivity contribution in [2.75, 3.05) is 0 Å². The lowest BCUT2D eigenvalue weighted by molar-refractivity contribution is -0.109. The molecular weight excluding hydrogens is 220 g/mol. The zero-order valence-electron chi connectivity index (χ0n) is 9.36. The van der Waals surface area contributed by atoms with Crippen molar-refractivity contribution < 1.29 is 4.79 Å². The maximum Gasteiger partial charge on any atom is 0.127 e. The van der Waals surface area contributed by atoms with Crippen molar-refractivity contribution in [2.45, 2.75) is 38.0 Å². The highest BCUT2D eigenvalue weighted by molar-refractivity contribution is 6.30. The van der Waals surface area contributed by atoms with E-state index in [0.29, 0.717) is 0 Å². The van der Waals surface area contributed by atoms with Crippen molar-refractivity contribution >= 4 is 17.9 Å². The zero-order chi connectivity index (χ0) is 11.4. The summed E-state index contributed by atoms with van der Waals surface area (Å²) in [6.45, 7) is 0. The van der Waals surface area contributed by atoms with Gasteiger partial charge >= 0.3 is 0 Å². The maximum atomic E-state index is 11.1. The molecule has 0 spiro atoms. The minimum Gasteiger partial charge on any atom is -0.303 e. The number of hydrogen-bond acceptors (Lipinski definition) is 1. The number of hydrogen-bond donors (Lipinski definition) is 0. The van der Waals surface area contributed by atoms with Crippen molar-refractivity contribution in [1.29, 1.82) is 0 Å². The molecule has 0 N–H and O–H groups in total. The minimum absolute atomic E-state index is 0.0559. The largest absolute Gasteiger partial charge is 0.303 e. The second-order valence-corrected chi connectivity index (χ2v) is 5.12. The van der Waals surface area contributed by atoms with Crippen molar-refractivity contribution in [3.8, 4) is 0 Å². The SMILES string of the molecule is O=CC(CC1CCCC1)c1ccc(Cl)cc1. The van der Waals surface area contributed by atoms with E-state index in [4.69, 9.17) is 11.6 Å². The first kappa shape index (κ1) is 11.7. The van der Waals surface area contributed by atoms with E-state index < -0.39 is 0 Å². The molecule has 86 valence electrons. The Bertz CT molecular complexity index is 338. The number of rotatable bonds is 4. The summed E-state index contributed by atoms with van der Waals surface area (Å²) in [5.74, 6) is 0.797. The summed E-state index contributed by atoms with van der Waals surface area (Å²) < 4.78 is 0. The average Bonchev–Trinajstić information content (AvgIpc) is 2.80. The van der Waals surface area contributed by atoms with Gasteiger partial charge in [-0.2, -0.15) is 0 Å². The molecular formula is C14H17ClO. The van der Waals surface area contributed by atoms with Gasteiger partial charge in [-0.1, -0.05) is 49.4 Å². The van der Waals surface area contributed by atoms with E-state index >= 15 is 0 Å². The van der Waals surface area contributed by atoms with Crippen molar-refractivity contribution in [3.63, 3.8) is 0 Å². The first-order valence-corrected chi connectivity index (χ1v) is 6.38. The molecule has 0 heterocycles. The van der Waals surface area contributed by atoms with Gasteiger partial charge < -0.3 is 4.79 Å². The summed E-state index contributed by atoms with van der Waals surface area (Å²) in [5.41, 5.74) is 1.10. The molecule has 1 aromatic carbocycles. The van der Waals surface area contributed by atoms with Gasteiger partial charge in [0.25, 0.3) is 0 Å². The lowest BCUT2D eigenvalue weighted by Crippen LogP contribution is -2.06. The Morgan fingerprint density at radius 1 is 1.25 bits per heavy atom. The molecule has 1 atom stereocenters. The Labute approximate surface area is 102 Å². The average molecular weight is 237 g/mol. The summed E-state index contributed by atoms with van der Waals surface area (Å²) in [7, 11) is 0. The molecule has 0 aliphatic heterocycles. The monoisotopic (exact) mass is 236 g/mol. The molecule has 1 nitrogen and oxygen atoms in total. The third kappa shape index (κ3) is 2.85. The highest BCUT2D eigenvalue weighted by Gasteiger charge is 2.20. The van der Waals surface area contributed by atoms with Crippen LogP contribution in [-0.2, 0) is 4.79 Å². The molecule has 1 aromatic rings. The predicted octanol–water partition coefficient (Wildman–Crippen LogP) is 4.20. The quantitative estimate of drug-likeness (QED) is 0.716. The molecule has 1 fully saturated rings. The second kappa shape index (κ2) is 5.49. The van der Waals surface area contributed by atoms with Crippen molar-refractivity contribution in [2.24, 2.45) is 5.92 Å². The van der Waals surface area contributed by atoms with Gasteiger partial charge in [0.05, 0.1) is 0 Å².